The highest BCUT2D eigenvalue weighted by Crippen LogP contribution is 2.05. The second-order valence-electron chi connectivity index (χ2n) is 2.78. The first-order valence-corrected chi connectivity index (χ1v) is 4.16. The van der Waals surface area contributed by atoms with Gasteiger partial charge in [-0.2, -0.15) is 0 Å². The number of benzene rings is 1. The largest absolute Gasteiger partial charge is 0.480 e. The molecule has 1 radical (unpaired) electrons. The number of anilines is 1. The summed E-state index contributed by atoms with van der Waals surface area (Å²) in [6.07, 6.45) is 0. The SMILES string of the molecule is [NH]N(CC(=O)O)C(=O)Nc1ccccc1. The lowest BCUT2D eigenvalue weighted by atomic mass is 10.3. The van der Waals surface area contributed by atoms with Gasteiger partial charge in [0.05, 0.1) is 0 Å². The van der Waals surface area contributed by atoms with E-state index in [1.54, 1.807) is 30.3 Å². The van der Waals surface area contributed by atoms with E-state index in [1.807, 2.05) is 0 Å². The van der Waals surface area contributed by atoms with Crippen LogP contribution in [-0.4, -0.2) is 28.7 Å². The third-order valence-corrected chi connectivity index (χ3v) is 1.56. The van der Waals surface area contributed by atoms with Crippen LogP contribution in [0.25, 0.3) is 0 Å². The van der Waals surface area contributed by atoms with E-state index >= 15 is 0 Å². The highest BCUT2D eigenvalue weighted by molar-refractivity contribution is 5.90. The fourth-order valence-electron chi connectivity index (χ4n) is 0.920. The third-order valence-electron chi connectivity index (χ3n) is 1.56. The fourth-order valence-corrected chi connectivity index (χ4v) is 0.920. The van der Waals surface area contributed by atoms with E-state index in [0.717, 1.165) is 0 Å². The van der Waals surface area contributed by atoms with Crippen LogP contribution in [0, 0.1) is 0 Å². The fraction of sp³-hybridized carbons (Fsp3) is 0.111. The minimum atomic E-state index is -1.23. The molecule has 1 rings (SSSR count). The molecule has 1 aromatic rings. The predicted octanol–water partition coefficient (Wildman–Crippen LogP) is 0.803. The van der Waals surface area contributed by atoms with Crippen LogP contribution in [0.1, 0.15) is 0 Å². The van der Waals surface area contributed by atoms with Crippen molar-refractivity contribution < 1.29 is 14.7 Å². The summed E-state index contributed by atoms with van der Waals surface area (Å²) in [5, 5.41) is 11.1. The van der Waals surface area contributed by atoms with Crippen LogP contribution in [0.4, 0.5) is 10.5 Å². The van der Waals surface area contributed by atoms with Crippen molar-refractivity contribution in [2.45, 2.75) is 0 Å². The van der Waals surface area contributed by atoms with E-state index in [4.69, 9.17) is 10.9 Å². The van der Waals surface area contributed by atoms with Gasteiger partial charge in [-0.15, -0.1) is 5.84 Å². The molecular formula is C9H10N3O3. The van der Waals surface area contributed by atoms with E-state index in [0.29, 0.717) is 10.7 Å². The number of carbonyl (C=O) groups is 2. The van der Waals surface area contributed by atoms with Gasteiger partial charge >= 0.3 is 12.0 Å². The van der Waals surface area contributed by atoms with Gasteiger partial charge in [-0.1, -0.05) is 18.2 Å². The number of rotatable bonds is 3. The molecule has 2 amide bonds. The standard InChI is InChI=1S/C9H10N3O3/c10-12(6-8(13)14)9(15)11-7-4-2-1-3-5-7/h1-5,10H,6H2,(H,11,15)(H,13,14). The highest BCUT2D eigenvalue weighted by Gasteiger charge is 2.12. The smallest absolute Gasteiger partial charge is 0.337 e. The minimum Gasteiger partial charge on any atom is -0.480 e. The van der Waals surface area contributed by atoms with Gasteiger partial charge in [0, 0.05) is 5.69 Å². The number of carbonyl (C=O) groups excluding carboxylic acids is 1. The van der Waals surface area contributed by atoms with Crippen LogP contribution in [0.15, 0.2) is 30.3 Å². The van der Waals surface area contributed by atoms with Crippen molar-refractivity contribution in [3.8, 4) is 0 Å². The van der Waals surface area contributed by atoms with Gasteiger partial charge in [-0.3, -0.25) is 4.79 Å². The first-order valence-electron chi connectivity index (χ1n) is 4.16. The number of nitrogens with zero attached hydrogens (tertiary/aromatic N) is 1. The third kappa shape index (κ3) is 3.65. The number of carboxylic acid groups (broad SMARTS) is 1. The molecule has 0 aliphatic rings. The van der Waals surface area contributed by atoms with Crippen molar-refractivity contribution in [3.05, 3.63) is 30.3 Å². The Hall–Kier alpha value is -2.08. The summed E-state index contributed by atoms with van der Waals surface area (Å²) >= 11 is 0. The van der Waals surface area contributed by atoms with Crippen molar-refractivity contribution in [2.24, 2.45) is 0 Å². The normalized spacial score (nSPS) is 9.40. The maximum absolute atomic E-state index is 11.2. The van der Waals surface area contributed by atoms with Gasteiger partial charge < -0.3 is 10.4 Å². The quantitative estimate of drug-likeness (QED) is 0.719. The predicted molar refractivity (Wildman–Crippen MR) is 52.9 cm³/mol. The lowest BCUT2D eigenvalue weighted by Gasteiger charge is -2.13. The molecule has 0 aliphatic heterocycles. The topological polar surface area (TPSA) is 93.4 Å². The Morgan fingerprint density at radius 2 is 1.93 bits per heavy atom. The van der Waals surface area contributed by atoms with E-state index in [2.05, 4.69) is 5.32 Å². The van der Waals surface area contributed by atoms with Crippen LogP contribution < -0.4 is 11.2 Å². The molecule has 0 heterocycles. The van der Waals surface area contributed by atoms with Crippen molar-refractivity contribution in [2.75, 3.05) is 11.9 Å². The molecule has 0 aromatic heterocycles. The molecule has 0 fully saturated rings. The number of amides is 2. The molecule has 0 saturated heterocycles. The monoisotopic (exact) mass is 208 g/mol. The minimum absolute atomic E-state index is 0.343. The molecule has 79 valence electrons. The number of hydrogen-bond donors (Lipinski definition) is 2. The van der Waals surface area contributed by atoms with Gasteiger partial charge in [-0.05, 0) is 12.1 Å². The number of urea groups is 1. The zero-order chi connectivity index (χ0) is 11.3. The molecule has 1 aromatic carbocycles. The zero-order valence-corrected chi connectivity index (χ0v) is 7.80. The molecule has 15 heavy (non-hydrogen) atoms. The average molecular weight is 208 g/mol. The first-order chi connectivity index (χ1) is 7.09. The molecular weight excluding hydrogens is 198 g/mol. The average Bonchev–Trinajstić information content (AvgIpc) is 2.18. The number of para-hydroxylation sites is 1. The van der Waals surface area contributed by atoms with Gasteiger partial charge in [0.2, 0.25) is 0 Å². The maximum Gasteiger partial charge on any atom is 0.337 e. The first kappa shape index (κ1) is 11.0. The number of nitrogens with one attached hydrogen (secondary N) is 2. The molecule has 3 N–H and O–H groups in total. The number of hydrogen-bond acceptors (Lipinski definition) is 2. The lowest BCUT2D eigenvalue weighted by Crippen LogP contribution is -2.37. The highest BCUT2D eigenvalue weighted by atomic mass is 16.4. The number of carboxylic acids is 1. The second kappa shape index (κ2) is 4.97. The van der Waals surface area contributed by atoms with Crippen LogP contribution in [-0.2, 0) is 4.79 Å². The molecule has 0 saturated carbocycles. The van der Waals surface area contributed by atoms with E-state index in [-0.39, 0.29) is 0 Å². The van der Waals surface area contributed by atoms with Crippen molar-refractivity contribution >= 4 is 17.7 Å². The van der Waals surface area contributed by atoms with E-state index < -0.39 is 18.5 Å². The summed E-state index contributed by atoms with van der Waals surface area (Å²) in [6.45, 7) is -0.654. The second-order valence-corrected chi connectivity index (χ2v) is 2.78. The molecule has 0 bridgehead atoms. The molecule has 6 nitrogen and oxygen atoms in total. The Kier molecular flexibility index (Phi) is 3.64. The van der Waals surface area contributed by atoms with Crippen LogP contribution in [0.5, 0.6) is 0 Å². The van der Waals surface area contributed by atoms with Crippen molar-refractivity contribution in [1.82, 2.24) is 10.9 Å². The Morgan fingerprint density at radius 3 is 2.47 bits per heavy atom. The number of aliphatic carboxylic acids is 1. The van der Waals surface area contributed by atoms with E-state index in [1.165, 1.54) is 0 Å². The molecule has 0 spiro atoms. The zero-order valence-electron chi connectivity index (χ0n) is 7.80. The van der Waals surface area contributed by atoms with Gasteiger partial charge in [-0.25, -0.2) is 9.80 Å². The van der Waals surface area contributed by atoms with Crippen LogP contribution in [0.3, 0.4) is 0 Å². The summed E-state index contributed by atoms with van der Waals surface area (Å²) < 4.78 is 0. The van der Waals surface area contributed by atoms with Crippen molar-refractivity contribution in [3.63, 3.8) is 0 Å². The Labute approximate surface area is 86.3 Å². The van der Waals surface area contributed by atoms with Gasteiger partial charge in [0.25, 0.3) is 0 Å². The molecule has 0 atom stereocenters. The van der Waals surface area contributed by atoms with Crippen LogP contribution in [0.2, 0.25) is 0 Å². The molecule has 0 unspecified atom stereocenters. The molecule has 6 heteroatoms. The van der Waals surface area contributed by atoms with Gasteiger partial charge in [0.15, 0.2) is 0 Å². The maximum atomic E-state index is 11.2. The van der Waals surface area contributed by atoms with E-state index in [9.17, 15) is 9.59 Å². The Balaban J connectivity index is 2.52. The molecule has 0 aliphatic carbocycles. The van der Waals surface area contributed by atoms with Crippen LogP contribution >= 0.6 is 0 Å². The van der Waals surface area contributed by atoms with Crippen molar-refractivity contribution in [1.29, 1.82) is 0 Å². The summed E-state index contributed by atoms with van der Waals surface area (Å²) in [5.41, 5.74) is 0.519. The summed E-state index contributed by atoms with van der Waals surface area (Å²) in [7, 11) is 0. The Morgan fingerprint density at radius 1 is 1.33 bits per heavy atom. The lowest BCUT2D eigenvalue weighted by molar-refractivity contribution is -0.137. The summed E-state index contributed by atoms with van der Waals surface area (Å²) in [5.74, 6) is 5.87. The summed E-state index contributed by atoms with van der Waals surface area (Å²) in [6, 6.07) is 7.75. The van der Waals surface area contributed by atoms with Gasteiger partial charge in [0.1, 0.15) is 6.54 Å². The summed E-state index contributed by atoms with van der Waals surface area (Å²) in [4.78, 5) is 21.4. The Bertz CT molecular complexity index is 353.